The molecule has 0 radical (unpaired) electrons. The highest BCUT2D eigenvalue weighted by Crippen LogP contribution is 2.19. The third kappa shape index (κ3) is 3.11. The summed E-state index contributed by atoms with van der Waals surface area (Å²) in [5.74, 6) is 0.0273. The van der Waals surface area contributed by atoms with Gasteiger partial charge in [0.05, 0.1) is 6.54 Å². The van der Waals surface area contributed by atoms with E-state index in [0.29, 0.717) is 17.7 Å². The molecule has 0 aromatic heterocycles. The van der Waals surface area contributed by atoms with Gasteiger partial charge >= 0.3 is 0 Å². The Hall–Kier alpha value is -0.890. The number of ketones is 1. The molecule has 1 aliphatic heterocycles. The van der Waals surface area contributed by atoms with Gasteiger partial charge in [-0.05, 0) is 34.7 Å². The van der Waals surface area contributed by atoms with Gasteiger partial charge in [0.25, 0.3) is 5.24 Å². The zero-order valence-corrected chi connectivity index (χ0v) is 12.4. The smallest absolute Gasteiger partial charge is 0.288 e. The summed E-state index contributed by atoms with van der Waals surface area (Å²) in [6.07, 6.45) is 0.316. The van der Waals surface area contributed by atoms with Crippen molar-refractivity contribution in [1.82, 2.24) is 4.90 Å². The molecule has 1 aromatic carbocycles. The molecular formula is C12H10INO3S. The number of carbonyl (C=O) groups excluding carboxylic acids is 3. The molecule has 1 fully saturated rings. The summed E-state index contributed by atoms with van der Waals surface area (Å²) >= 11 is 3.23. The first-order chi connectivity index (χ1) is 8.58. The molecule has 94 valence electrons. The van der Waals surface area contributed by atoms with Gasteiger partial charge in [0.1, 0.15) is 0 Å². The molecule has 0 spiro atoms. The fourth-order valence-corrected chi connectivity index (χ4v) is 2.70. The highest BCUT2D eigenvalue weighted by Gasteiger charge is 2.28. The molecule has 6 heteroatoms. The van der Waals surface area contributed by atoms with Gasteiger partial charge in [-0.15, -0.1) is 0 Å². The minimum absolute atomic E-state index is 0.161. The van der Waals surface area contributed by atoms with Crippen LogP contribution in [0.4, 0.5) is 4.79 Å². The summed E-state index contributed by atoms with van der Waals surface area (Å²) in [5, 5.41) is -0.329. The molecule has 1 aromatic rings. The molecule has 0 bridgehead atoms. The van der Waals surface area contributed by atoms with E-state index >= 15 is 0 Å². The van der Waals surface area contributed by atoms with Crippen LogP contribution in [0, 0.1) is 3.57 Å². The Morgan fingerprint density at radius 3 is 2.56 bits per heavy atom. The Labute approximate surface area is 122 Å². The molecule has 4 nitrogen and oxygen atoms in total. The van der Waals surface area contributed by atoms with E-state index in [1.165, 1.54) is 0 Å². The maximum absolute atomic E-state index is 12.0. The van der Waals surface area contributed by atoms with Crippen LogP contribution in [0.3, 0.4) is 0 Å². The molecule has 0 aliphatic carbocycles. The van der Waals surface area contributed by atoms with Gasteiger partial charge in [0, 0.05) is 21.3 Å². The lowest BCUT2D eigenvalue weighted by Crippen LogP contribution is -2.41. The Morgan fingerprint density at radius 1 is 1.28 bits per heavy atom. The van der Waals surface area contributed by atoms with Crippen molar-refractivity contribution >= 4 is 51.3 Å². The second kappa shape index (κ2) is 5.83. The maximum Gasteiger partial charge on any atom is 0.288 e. The van der Waals surface area contributed by atoms with Gasteiger partial charge in [-0.1, -0.05) is 23.9 Å². The first-order valence-electron chi connectivity index (χ1n) is 5.34. The normalized spacial score (nSPS) is 15.9. The number of benzene rings is 1. The van der Waals surface area contributed by atoms with Crippen molar-refractivity contribution in [2.45, 2.75) is 6.42 Å². The second-order valence-electron chi connectivity index (χ2n) is 3.77. The van der Waals surface area contributed by atoms with Crippen LogP contribution in [0.2, 0.25) is 0 Å². The number of imide groups is 1. The van der Waals surface area contributed by atoms with Crippen LogP contribution in [0.25, 0.3) is 0 Å². The van der Waals surface area contributed by atoms with Gasteiger partial charge in [-0.25, -0.2) is 0 Å². The zero-order valence-electron chi connectivity index (χ0n) is 9.39. The Morgan fingerprint density at radius 2 is 1.94 bits per heavy atom. The number of nitrogens with zero attached hydrogens (tertiary/aromatic N) is 1. The summed E-state index contributed by atoms with van der Waals surface area (Å²) in [6, 6.07) is 7.05. The summed E-state index contributed by atoms with van der Waals surface area (Å²) in [7, 11) is 0. The minimum Gasteiger partial charge on any atom is -0.292 e. The zero-order chi connectivity index (χ0) is 13.1. The molecule has 0 unspecified atom stereocenters. The highest BCUT2D eigenvalue weighted by molar-refractivity contribution is 14.1. The lowest BCUT2D eigenvalue weighted by atomic mass is 10.1. The van der Waals surface area contributed by atoms with Crippen LogP contribution in [0.1, 0.15) is 16.8 Å². The average molecular weight is 375 g/mol. The molecule has 1 saturated heterocycles. The molecule has 1 heterocycles. The summed E-state index contributed by atoms with van der Waals surface area (Å²) in [5.41, 5.74) is 0.520. The summed E-state index contributed by atoms with van der Waals surface area (Å²) in [6.45, 7) is -0.161. The van der Waals surface area contributed by atoms with Crippen LogP contribution in [0.5, 0.6) is 0 Å². The van der Waals surface area contributed by atoms with Gasteiger partial charge in [0.2, 0.25) is 5.91 Å². The van der Waals surface area contributed by atoms with Gasteiger partial charge in [-0.3, -0.25) is 19.3 Å². The number of rotatable bonds is 3. The molecule has 1 aliphatic rings. The summed E-state index contributed by atoms with van der Waals surface area (Å²) < 4.78 is 1.03. The lowest BCUT2D eigenvalue weighted by molar-refractivity contribution is -0.127. The molecule has 2 rings (SSSR count). The number of amides is 2. The Kier molecular flexibility index (Phi) is 4.39. The van der Waals surface area contributed by atoms with Crippen molar-refractivity contribution in [3.63, 3.8) is 0 Å². The fourth-order valence-electron chi connectivity index (χ4n) is 1.56. The molecule has 0 saturated carbocycles. The number of carbonyl (C=O) groups is 3. The van der Waals surface area contributed by atoms with Crippen molar-refractivity contribution in [2.24, 2.45) is 0 Å². The number of thioether (sulfide) groups is 1. The Bertz CT molecular complexity index is 485. The van der Waals surface area contributed by atoms with Gasteiger partial charge in [0.15, 0.2) is 5.78 Å². The maximum atomic E-state index is 12.0. The third-order valence-electron chi connectivity index (χ3n) is 2.53. The molecular weight excluding hydrogens is 365 g/mol. The predicted molar refractivity (Wildman–Crippen MR) is 77.7 cm³/mol. The first-order valence-corrected chi connectivity index (χ1v) is 7.40. The third-order valence-corrected chi connectivity index (χ3v) is 4.13. The summed E-state index contributed by atoms with van der Waals surface area (Å²) in [4.78, 5) is 36.1. The lowest BCUT2D eigenvalue weighted by Gasteiger charge is -2.23. The van der Waals surface area contributed by atoms with E-state index in [1.54, 1.807) is 12.1 Å². The van der Waals surface area contributed by atoms with E-state index in [1.807, 2.05) is 12.1 Å². The number of hydrogen-bond donors (Lipinski definition) is 0. The van der Waals surface area contributed by atoms with E-state index in [4.69, 9.17) is 0 Å². The van der Waals surface area contributed by atoms with E-state index in [0.717, 1.165) is 20.2 Å². The average Bonchev–Trinajstić information content (AvgIpc) is 2.34. The van der Waals surface area contributed by atoms with Crippen LogP contribution < -0.4 is 0 Å². The first kappa shape index (κ1) is 13.5. The number of halogens is 1. The van der Waals surface area contributed by atoms with Crippen molar-refractivity contribution in [2.75, 3.05) is 12.3 Å². The monoisotopic (exact) mass is 375 g/mol. The molecule has 0 N–H and O–H groups in total. The van der Waals surface area contributed by atoms with E-state index < -0.39 is 0 Å². The number of Topliss-reactive ketones (excluding diaryl/α,β-unsaturated/α-hetero) is 1. The van der Waals surface area contributed by atoms with E-state index in [-0.39, 0.29) is 23.5 Å². The van der Waals surface area contributed by atoms with Crippen LogP contribution >= 0.6 is 34.4 Å². The standard InChI is InChI=1S/C12H10INO3S/c13-9-3-1-8(2-4-9)10(15)7-14-11(16)5-6-18-12(14)17/h1-4H,5-7H2. The highest BCUT2D eigenvalue weighted by atomic mass is 127. The Balaban J connectivity index is 2.08. The second-order valence-corrected chi connectivity index (χ2v) is 6.07. The van der Waals surface area contributed by atoms with Crippen molar-refractivity contribution in [3.8, 4) is 0 Å². The van der Waals surface area contributed by atoms with Crippen LogP contribution in [-0.2, 0) is 4.79 Å². The number of hydrogen-bond acceptors (Lipinski definition) is 4. The molecule has 2 amide bonds. The van der Waals surface area contributed by atoms with Crippen molar-refractivity contribution < 1.29 is 14.4 Å². The van der Waals surface area contributed by atoms with E-state index in [2.05, 4.69) is 22.6 Å². The topological polar surface area (TPSA) is 54.5 Å². The quantitative estimate of drug-likeness (QED) is 0.602. The molecule has 0 atom stereocenters. The van der Waals surface area contributed by atoms with Crippen molar-refractivity contribution in [1.29, 1.82) is 0 Å². The van der Waals surface area contributed by atoms with Crippen LogP contribution in [0.15, 0.2) is 24.3 Å². The van der Waals surface area contributed by atoms with E-state index in [9.17, 15) is 14.4 Å². The fraction of sp³-hybridized carbons (Fsp3) is 0.250. The molecule has 18 heavy (non-hydrogen) atoms. The minimum atomic E-state index is -0.329. The van der Waals surface area contributed by atoms with Gasteiger partial charge in [-0.2, -0.15) is 0 Å². The van der Waals surface area contributed by atoms with Crippen LogP contribution in [-0.4, -0.2) is 34.1 Å². The largest absolute Gasteiger partial charge is 0.292 e. The SMILES string of the molecule is O=C(CN1C(=O)CCSC1=O)c1ccc(I)cc1. The van der Waals surface area contributed by atoms with Crippen molar-refractivity contribution in [3.05, 3.63) is 33.4 Å². The van der Waals surface area contributed by atoms with Gasteiger partial charge < -0.3 is 0 Å². The predicted octanol–water partition coefficient (Wildman–Crippen LogP) is 2.56.